The van der Waals surface area contributed by atoms with Gasteiger partial charge >= 0.3 is 0 Å². The molecule has 2 aromatic carbocycles. The van der Waals surface area contributed by atoms with E-state index >= 15 is 0 Å². The summed E-state index contributed by atoms with van der Waals surface area (Å²) in [6.45, 7) is 1.99. The molecule has 1 heterocycles. The number of benzene rings is 2. The van der Waals surface area contributed by atoms with Crippen molar-refractivity contribution in [1.29, 1.82) is 5.41 Å². The van der Waals surface area contributed by atoms with E-state index in [1.54, 1.807) is 48.5 Å². The van der Waals surface area contributed by atoms with Gasteiger partial charge in [0.25, 0.3) is 5.91 Å². The summed E-state index contributed by atoms with van der Waals surface area (Å²) in [7, 11) is 0. The number of hydrogen-bond acceptors (Lipinski definition) is 5. The molecule has 0 spiro atoms. The van der Waals surface area contributed by atoms with Gasteiger partial charge in [0, 0.05) is 29.9 Å². The minimum atomic E-state index is -0.314. The van der Waals surface area contributed by atoms with E-state index in [0.29, 0.717) is 43.1 Å². The zero-order valence-electron chi connectivity index (χ0n) is 15.4. The Morgan fingerprint density at radius 2 is 1.68 bits per heavy atom. The standard InChI is InChI=1S/C20H23N5O3/c21-19(22)15-6-8-17(9-7-15)23-18(26)14-25(24-10-12-28-13-11-24)20(27)16-4-2-1-3-5-16/h1-9H,10-14H2,(H3,21,22)(H,23,26). The quantitative estimate of drug-likeness (QED) is 0.516. The molecule has 4 N–H and O–H groups in total. The number of amides is 2. The summed E-state index contributed by atoms with van der Waals surface area (Å²) in [5.41, 5.74) is 7.11. The van der Waals surface area contributed by atoms with Gasteiger partial charge in [0.15, 0.2) is 0 Å². The number of carbonyl (C=O) groups is 2. The van der Waals surface area contributed by atoms with Crippen molar-refractivity contribution in [3.63, 3.8) is 0 Å². The van der Waals surface area contributed by atoms with Gasteiger partial charge in [0.05, 0.1) is 13.2 Å². The minimum absolute atomic E-state index is 0.0372. The molecule has 8 nitrogen and oxygen atoms in total. The first kappa shape index (κ1) is 19.5. The molecule has 28 heavy (non-hydrogen) atoms. The van der Waals surface area contributed by atoms with E-state index in [1.165, 1.54) is 5.01 Å². The van der Waals surface area contributed by atoms with Gasteiger partial charge in [-0.15, -0.1) is 0 Å². The maximum absolute atomic E-state index is 13.0. The molecule has 146 valence electrons. The van der Waals surface area contributed by atoms with Crippen LogP contribution in [-0.4, -0.2) is 60.5 Å². The number of nitrogens with one attached hydrogen (secondary N) is 2. The van der Waals surface area contributed by atoms with E-state index in [-0.39, 0.29) is 24.2 Å². The third-order valence-electron chi connectivity index (χ3n) is 4.36. The summed E-state index contributed by atoms with van der Waals surface area (Å²) < 4.78 is 5.36. The number of anilines is 1. The third-order valence-corrected chi connectivity index (χ3v) is 4.36. The highest BCUT2D eigenvalue weighted by atomic mass is 16.5. The van der Waals surface area contributed by atoms with Crippen LogP contribution in [0.5, 0.6) is 0 Å². The molecule has 0 atom stereocenters. The van der Waals surface area contributed by atoms with Crippen molar-refractivity contribution in [2.24, 2.45) is 5.73 Å². The Morgan fingerprint density at radius 3 is 2.29 bits per heavy atom. The van der Waals surface area contributed by atoms with Crippen molar-refractivity contribution in [3.8, 4) is 0 Å². The zero-order valence-corrected chi connectivity index (χ0v) is 15.4. The summed E-state index contributed by atoms with van der Waals surface area (Å²) in [4.78, 5) is 25.6. The topological polar surface area (TPSA) is 112 Å². The van der Waals surface area contributed by atoms with Gasteiger partial charge in [-0.3, -0.25) is 20.0 Å². The van der Waals surface area contributed by atoms with Crippen LogP contribution in [-0.2, 0) is 9.53 Å². The predicted octanol–water partition coefficient (Wildman–Crippen LogP) is 1.30. The fourth-order valence-electron chi connectivity index (χ4n) is 2.89. The van der Waals surface area contributed by atoms with Crippen LogP contribution in [0.3, 0.4) is 0 Å². The molecular formula is C20H23N5O3. The second kappa shape index (κ2) is 9.12. The maximum atomic E-state index is 13.0. The Balaban J connectivity index is 1.71. The van der Waals surface area contributed by atoms with Gasteiger partial charge in [0.2, 0.25) is 5.91 Å². The highest BCUT2D eigenvalue weighted by molar-refractivity contribution is 5.99. The first-order chi connectivity index (χ1) is 13.5. The maximum Gasteiger partial charge on any atom is 0.268 e. The van der Waals surface area contributed by atoms with Gasteiger partial charge in [-0.1, -0.05) is 18.2 Å². The molecule has 8 heteroatoms. The molecule has 1 aliphatic rings. The van der Waals surface area contributed by atoms with Gasteiger partial charge in [-0.25, -0.2) is 5.01 Å². The molecule has 1 saturated heterocycles. The summed E-state index contributed by atoms with van der Waals surface area (Å²) >= 11 is 0. The van der Waals surface area contributed by atoms with Crippen molar-refractivity contribution in [3.05, 3.63) is 65.7 Å². The molecule has 1 aliphatic heterocycles. The zero-order chi connectivity index (χ0) is 19.9. The fourth-order valence-corrected chi connectivity index (χ4v) is 2.89. The second-order valence-corrected chi connectivity index (χ2v) is 6.33. The number of nitrogens with two attached hydrogens (primary N) is 1. The summed E-state index contributed by atoms with van der Waals surface area (Å²) in [6, 6.07) is 15.6. The second-order valence-electron chi connectivity index (χ2n) is 6.33. The molecule has 0 bridgehead atoms. The van der Waals surface area contributed by atoms with Gasteiger partial charge in [-0.05, 0) is 36.4 Å². The Bertz CT molecular complexity index is 833. The number of nitrogens with zero attached hydrogens (tertiary/aromatic N) is 2. The van der Waals surface area contributed by atoms with Gasteiger partial charge in [0.1, 0.15) is 12.4 Å². The van der Waals surface area contributed by atoms with Crippen LogP contribution in [0.2, 0.25) is 0 Å². The lowest BCUT2D eigenvalue weighted by Crippen LogP contribution is -2.53. The lowest BCUT2D eigenvalue weighted by atomic mass is 10.2. The lowest BCUT2D eigenvalue weighted by molar-refractivity contribution is -0.124. The van der Waals surface area contributed by atoms with Crippen molar-refractivity contribution in [2.45, 2.75) is 0 Å². The van der Waals surface area contributed by atoms with E-state index in [9.17, 15) is 9.59 Å². The average molecular weight is 381 g/mol. The van der Waals surface area contributed by atoms with Crippen LogP contribution in [0.1, 0.15) is 15.9 Å². The molecule has 0 radical (unpaired) electrons. The molecule has 2 aromatic rings. The van der Waals surface area contributed by atoms with Gasteiger partial charge < -0.3 is 15.8 Å². The highest BCUT2D eigenvalue weighted by Crippen LogP contribution is 2.12. The Labute approximate surface area is 163 Å². The van der Waals surface area contributed by atoms with Crippen LogP contribution >= 0.6 is 0 Å². The monoisotopic (exact) mass is 381 g/mol. The Hall–Kier alpha value is -3.23. The molecule has 2 amide bonds. The highest BCUT2D eigenvalue weighted by Gasteiger charge is 2.26. The number of carbonyl (C=O) groups excluding carboxylic acids is 2. The van der Waals surface area contributed by atoms with E-state index in [4.69, 9.17) is 15.9 Å². The number of nitrogen functional groups attached to an aromatic ring is 1. The third kappa shape index (κ3) is 4.93. The summed E-state index contributed by atoms with van der Waals surface area (Å²) in [6.07, 6.45) is 0. The van der Waals surface area contributed by atoms with Crippen LogP contribution in [0.15, 0.2) is 54.6 Å². The first-order valence-electron chi connectivity index (χ1n) is 8.98. The molecular weight excluding hydrogens is 358 g/mol. The van der Waals surface area contributed by atoms with Gasteiger partial charge in [-0.2, -0.15) is 0 Å². The smallest absolute Gasteiger partial charge is 0.268 e. The van der Waals surface area contributed by atoms with E-state index in [2.05, 4.69) is 5.32 Å². The SMILES string of the molecule is N=C(N)c1ccc(NC(=O)CN(C(=O)c2ccccc2)N2CCOCC2)cc1. The number of rotatable bonds is 6. The number of morpholine rings is 1. The molecule has 3 rings (SSSR count). The Kier molecular flexibility index (Phi) is 6.36. The van der Waals surface area contributed by atoms with Crippen molar-refractivity contribution >= 4 is 23.3 Å². The minimum Gasteiger partial charge on any atom is -0.384 e. The van der Waals surface area contributed by atoms with Crippen molar-refractivity contribution in [2.75, 3.05) is 38.2 Å². The van der Waals surface area contributed by atoms with Crippen LogP contribution in [0, 0.1) is 5.41 Å². The number of hydrazine groups is 1. The fraction of sp³-hybridized carbons (Fsp3) is 0.250. The largest absolute Gasteiger partial charge is 0.384 e. The molecule has 1 fully saturated rings. The number of amidine groups is 1. The van der Waals surface area contributed by atoms with Crippen LogP contribution in [0.4, 0.5) is 5.69 Å². The number of ether oxygens (including phenoxy) is 1. The van der Waals surface area contributed by atoms with E-state index in [0.717, 1.165) is 0 Å². The molecule has 0 unspecified atom stereocenters. The Morgan fingerprint density at radius 1 is 1.04 bits per heavy atom. The van der Waals surface area contributed by atoms with Crippen molar-refractivity contribution in [1.82, 2.24) is 10.0 Å². The van der Waals surface area contributed by atoms with Crippen LogP contribution in [0.25, 0.3) is 0 Å². The summed E-state index contributed by atoms with van der Waals surface area (Å²) in [5.74, 6) is -0.583. The van der Waals surface area contributed by atoms with E-state index < -0.39 is 0 Å². The average Bonchev–Trinajstić information content (AvgIpc) is 2.73. The van der Waals surface area contributed by atoms with E-state index in [1.807, 2.05) is 11.1 Å². The predicted molar refractivity (Wildman–Crippen MR) is 106 cm³/mol. The molecule has 0 saturated carbocycles. The normalized spacial score (nSPS) is 14.3. The lowest BCUT2D eigenvalue weighted by Gasteiger charge is -2.36. The number of hydrogen-bond donors (Lipinski definition) is 3. The summed E-state index contributed by atoms with van der Waals surface area (Å²) in [5, 5.41) is 13.5. The molecule has 0 aromatic heterocycles. The van der Waals surface area contributed by atoms with Crippen molar-refractivity contribution < 1.29 is 14.3 Å². The first-order valence-corrected chi connectivity index (χ1v) is 8.98. The van der Waals surface area contributed by atoms with Crippen LogP contribution < -0.4 is 11.1 Å². The molecule has 0 aliphatic carbocycles.